The number of esters is 1. The minimum Gasteiger partial charge on any atom is -0.507 e. The van der Waals surface area contributed by atoms with Gasteiger partial charge in [-0.3, -0.25) is 4.79 Å². The van der Waals surface area contributed by atoms with Crippen LogP contribution < -0.4 is 4.74 Å². The standard InChI is InChI=1S/C19H21NO5/c1-13-6-4-5-7-14(13)11-20(2)18(22)12-25-19(23)16-10-15(24-3)8-9-17(16)21/h4-10,21H,11-12H2,1-3H3. The average molecular weight is 343 g/mol. The van der Waals surface area contributed by atoms with Crippen LogP contribution in [0.25, 0.3) is 0 Å². The number of phenolic OH excluding ortho intramolecular Hbond substituents is 1. The third kappa shape index (κ3) is 4.73. The molecular formula is C19H21NO5. The van der Waals surface area contributed by atoms with Crippen molar-refractivity contribution in [3.63, 3.8) is 0 Å². The van der Waals surface area contributed by atoms with Gasteiger partial charge in [0, 0.05) is 13.6 Å². The number of benzene rings is 2. The van der Waals surface area contributed by atoms with E-state index in [0.717, 1.165) is 11.1 Å². The summed E-state index contributed by atoms with van der Waals surface area (Å²) < 4.78 is 10.0. The van der Waals surface area contributed by atoms with Gasteiger partial charge in [0.1, 0.15) is 17.1 Å². The SMILES string of the molecule is COc1ccc(O)c(C(=O)OCC(=O)N(C)Cc2ccccc2C)c1. The first-order valence-corrected chi connectivity index (χ1v) is 7.75. The van der Waals surface area contributed by atoms with E-state index in [1.165, 1.54) is 30.2 Å². The minimum atomic E-state index is -0.783. The lowest BCUT2D eigenvalue weighted by Gasteiger charge is -2.18. The Morgan fingerprint density at radius 2 is 1.88 bits per heavy atom. The highest BCUT2D eigenvalue weighted by atomic mass is 16.5. The molecule has 0 heterocycles. The maximum atomic E-state index is 12.2. The van der Waals surface area contributed by atoms with Gasteiger partial charge in [0.2, 0.25) is 0 Å². The fraction of sp³-hybridized carbons (Fsp3) is 0.263. The number of amides is 1. The van der Waals surface area contributed by atoms with Crippen LogP contribution >= 0.6 is 0 Å². The number of hydrogen-bond donors (Lipinski definition) is 1. The lowest BCUT2D eigenvalue weighted by atomic mass is 10.1. The lowest BCUT2D eigenvalue weighted by molar-refractivity contribution is -0.133. The third-order valence-electron chi connectivity index (χ3n) is 3.84. The van der Waals surface area contributed by atoms with Crippen LogP contribution in [0.15, 0.2) is 42.5 Å². The Bertz CT molecular complexity index is 772. The van der Waals surface area contributed by atoms with Gasteiger partial charge in [0.25, 0.3) is 5.91 Å². The first kappa shape index (κ1) is 18.3. The Hall–Kier alpha value is -3.02. The van der Waals surface area contributed by atoms with E-state index < -0.39 is 12.6 Å². The molecule has 2 aromatic carbocycles. The Kier molecular flexibility index (Phi) is 6.00. The number of rotatable bonds is 6. The van der Waals surface area contributed by atoms with Gasteiger partial charge >= 0.3 is 5.97 Å². The zero-order valence-electron chi connectivity index (χ0n) is 14.5. The molecule has 0 aliphatic rings. The Morgan fingerprint density at radius 3 is 2.56 bits per heavy atom. The van der Waals surface area contributed by atoms with Crippen LogP contribution in [-0.4, -0.2) is 42.6 Å². The molecule has 0 bridgehead atoms. The van der Waals surface area contributed by atoms with E-state index in [9.17, 15) is 14.7 Å². The Balaban J connectivity index is 1.95. The Labute approximate surface area is 146 Å². The van der Waals surface area contributed by atoms with Gasteiger partial charge in [0.15, 0.2) is 6.61 Å². The molecule has 0 atom stereocenters. The number of phenols is 1. The number of methoxy groups -OCH3 is 1. The third-order valence-corrected chi connectivity index (χ3v) is 3.84. The molecule has 6 heteroatoms. The van der Waals surface area contributed by atoms with E-state index in [2.05, 4.69) is 0 Å². The van der Waals surface area contributed by atoms with Crippen molar-refractivity contribution in [2.75, 3.05) is 20.8 Å². The van der Waals surface area contributed by atoms with E-state index in [1.807, 2.05) is 31.2 Å². The van der Waals surface area contributed by atoms with Crippen LogP contribution in [0.2, 0.25) is 0 Å². The first-order chi connectivity index (χ1) is 11.9. The number of nitrogens with zero attached hydrogens (tertiary/aromatic N) is 1. The second-order valence-corrected chi connectivity index (χ2v) is 5.64. The topological polar surface area (TPSA) is 76.1 Å². The van der Waals surface area contributed by atoms with E-state index in [-0.39, 0.29) is 17.2 Å². The van der Waals surface area contributed by atoms with Crippen molar-refractivity contribution in [1.82, 2.24) is 4.90 Å². The van der Waals surface area contributed by atoms with Crippen LogP contribution in [0.4, 0.5) is 0 Å². The van der Waals surface area contributed by atoms with Crippen molar-refractivity contribution in [3.8, 4) is 11.5 Å². The number of carbonyl (C=O) groups is 2. The maximum Gasteiger partial charge on any atom is 0.342 e. The molecule has 1 N–H and O–H groups in total. The zero-order chi connectivity index (χ0) is 18.4. The van der Waals surface area contributed by atoms with Gasteiger partial charge in [-0.15, -0.1) is 0 Å². The van der Waals surface area contributed by atoms with E-state index >= 15 is 0 Å². The van der Waals surface area contributed by atoms with Gasteiger partial charge in [-0.25, -0.2) is 4.79 Å². The van der Waals surface area contributed by atoms with Gasteiger partial charge in [-0.1, -0.05) is 24.3 Å². The average Bonchev–Trinajstić information content (AvgIpc) is 2.61. The molecule has 2 rings (SSSR count). The molecule has 0 saturated carbocycles. The quantitative estimate of drug-likeness (QED) is 0.816. The van der Waals surface area contributed by atoms with Crippen molar-refractivity contribution >= 4 is 11.9 Å². The molecule has 0 aromatic heterocycles. The second kappa shape index (κ2) is 8.19. The van der Waals surface area contributed by atoms with E-state index in [0.29, 0.717) is 12.3 Å². The summed E-state index contributed by atoms with van der Waals surface area (Å²) in [6.07, 6.45) is 0. The highest BCUT2D eigenvalue weighted by Gasteiger charge is 2.17. The van der Waals surface area contributed by atoms with Gasteiger partial charge in [0.05, 0.1) is 7.11 Å². The van der Waals surface area contributed by atoms with Crippen LogP contribution in [0.1, 0.15) is 21.5 Å². The van der Waals surface area contributed by atoms with Gasteiger partial charge in [-0.2, -0.15) is 0 Å². The fourth-order valence-corrected chi connectivity index (χ4v) is 2.25. The molecular weight excluding hydrogens is 322 g/mol. The molecule has 0 saturated heterocycles. The van der Waals surface area contributed by atoms with E-state index in [1.54, 1.807) is 7.05 Å². The predicted octanol–water partition coefficient (Wildman–Crippen LogP) is 2.52. The predicted molar refractivity (Wildman–Crippen MR) is 92.6 cm³/mol. The monoisotopic (exact) mass is 343 g/mol. The molecule has 2 aromatic rings. The molecule has 0 radical (unpaired) electrons. The normalized spacial score (nSPS) is 10.2. The summed E-state index contributed by atoms with van der Waals surface area (Å²) in [4.78, 5) is 25.7. The summed E-state index contributed by atoms with van der Waals surface area (Å²) in [6, 6.07) is 12.0. The summed E-state index contributed by atoms with van der Waals surface area (Å²) in [5.74, 6) is -0.938. The number of ether oxygens (including phenoxy) is 2. The van der Waals surface area contributed by atoms with Crippen molar-refractivity contribution in [2.45, 2.75) is 13.5 Å². The summed E-state index contributed by atoms with van der Waals surface area (Å²) in [7, 11) is 3.09. The summed E-state index contributed by atoms with van der Waals surface area (Å²) in [6.45, 7) is 1.99. The number of likely N-dealkylation sites (N-methyl/N-ethyl adjacent to an activating group) is 1. The van der Waals surface area contributed by atoms with Crippen molar-refractivity contribution in [3.05, 3.63) is 59.2 Å². The molecule has 0 fully saturated rings. The second-order valence-electron chi connectivity index (χ2n) is 5.64. The van der Waals surface area contributed by atoms with Crippen molar-refractivity contribution in [2.24, 2.45) is 0 Å². The minimum absolute atomic E-state index is 0.0475. The molecule has 0 unspecified atom stereocenters. The number of aryl methyl sites for hydroxylation is 1. The molecule has 0 spiro atoms. The van der Waals surface area contributed by atoms with Crippen molar-refractivity contribution < 1.29 is 24.2 Å². The summed E-state index contributed by atoms with van der Waals surface area (Å²) in [5, 5.41) is 9.75. The largest absolute Gasteiger partial charge is 0.507 e. The van der Waals surface area contributed by atoms with Crippen LogP contribution in [-0.2, 0) is 16.1 Å². The molecule has 132 valence electrons. The van der Waals surface area contributed by atoms with Crippen LogP contribution in [0.3, 0.4) is 0 Å². The highest BCUT2D eigenvalue weighted by Crippen LogP contribution is 2.23. The first-order valence-electron chi connectivity index (χ1n) is 7.75. The van der Waals surface area contributed by atoms with E-state index in [4.69, 9.17) is 9.47 Å². The summed E-state index contributed by atoms with van der Waals surface area (Å²) >= 11 is 0. The fourth-order valence-electron chi connectivity index (χ4n) is 2.25. The molecule has 1 amide bonds. The summed E-state index contributed by atoms with van der Waals surface area (Å²) in [5.41, 5.74) is 2.06. The van der Waals surface area contributed by atoms with Crippen molar-refractivity contribution in [1.29, 1.82) is 0 Å². The van der Waals surface area contributed by atoms with Crippen LogP contribution in [0.5, 0.6) is 11.5 Å². The Morgan fingerprint density at radius 1 is 1.16 bits per heavy atom. The molecule has 0 aliphatic carbocycles. The number of aromatic hydroxyl groups is 1. The highest BCUT2D eigenvalue weighted by molar-refractivity contribution is 5.94. The molecule has 0 aliphatic heterocycles. The van der Waals surface area contributed by atoms with Gasteiger partial charge in [-0.05, 0) is 36.2 Å². The maximum absolute atomic E-state index is 12.2. The number of hydrogen-bond acceptors (Lipinski definition) is 5. The van der Waals surface area contributed by atoms with Gasteiger partial charge < -0.3 is 19.5 Å². The smallest absolute Gasteiger partial charge is 0.342 e. The lowest BCUT2D eigenvalue weighted by Crippen LogP contribution is -2.31. The van der Waals surface area contributed by atoms with Crippen LogP contribution in [0, 0.1) is 6.92 Å². The molecule has 25 heavy (non-hydrogen) atoms. The zero-order valence-corrected chi connectivity index (χ0v) is 14.5. The molecule has 6 nitrogen and oxygen atoms in total. The number of carbonyl (C=O) groups excluding carboxylic acids is 2.